The van der Waals surface area contributed by atoms with E-state index in [0.717, 1.165) is 42.6 Å². The number of rotatable bonds is 7. The van der Waals surface area contributed by atoms with E-state index in [4.69, 9.17) is 16.7 Å². The van der Waals surface area contributed by atoms with Crippen LogP contribution in [0.3, 0.4) is 0 Å². The standard InChI is InChI=1S/C22H27N5O3S2/c1-11-16(10-30-27-11)25-22(31)24-14-6-7-17-15(8-14)18(20(29)23-9-12-2-3-12)21(32-17)26-19(28)13-4-5-13/h10,12-14H,2-9H2,1H3,(H,23,29)(H,26,28)(H2,24,25,31)/t14-/m0/s1. The van der Waals surface area contributed by atoms with Gasteiger partial charge in [0, 0.05) is 23.4 Å². The largest absolute Gasteiger partial charge is 0.362 e. The van der Waals surface area contributed by atoms with Gasteiger partial charge in [0.15, 0.2) is 5.11 Å². The van der Waals surface area contributed by atoms with Crippen molar-refractivity contribution in [2.75, 3.05) is 17.2 Å². The fourth-order valence-electron chi connectivity index (χ4n) is 4.00. The maximum Gasteiger partial charge on any atom is 0.254 e. The molecule has 10 heteroatoms. The predicted octanol–water partition coefficient (Wildman–Crippen LogP) is 3.38. The van der Waals surface area contributed by atoms with Crippen LogP contribution in [-0.2, 0) is 17.6 Å². The molecule has 2 aromatic heterocycles. The van der Waals surface area contributed by atoms with Gasteiger partial charge in [0.1, 0.15) is 22.6 Å². The molecule has 170 valence electrons. The summed E-state index contributed by atoms with van der Waals surface area (Å²) in [6, 6.07) is 0.0965. The summed E-state index contributed by atoms with van der Waals surface area (Å²) in [4.78, 5) is 26.8. The van der Waals surface area contributed by atoms with Crippen LogP contribution in [0.25, 0.3) is 0 Å². The van der Waals surface area contributed by atoms with Crippen molar-refractivity contribution in [3.63, 3.8) is 0 Å². The van der Waals surface area contributed by atoms with E-state index in [0.29, 0.717) is 34.6 Å². The number of fused-ring (bicyclic) bond motifs is 1. The van der Waals surface area contributed by atoms with Crippen molar-refractivity contribution in [2.45, 2.75) is 57.9 Å². The number of aryl methyl sites for hydroxylation is 2. The average Bonchev–Trinajstić information content (AvgIpc) is 3.68. The van der Waals surface area contributed by atoms with Crippen molar-refractivity contribution in [3.8, 4) is 0 Å². The minimum Gasteiger partial charge on any atom is -0.362 e. The molecule has 32 heavy (non-hydrogen) atoms. The highest BCUT2D eigenvalue weighted by molar-refractivity contribution is 7.80. The van der Waals surface area contributed by atoms with Crippen LogP contribution in [0, 0.1) is 18.8 Å². The Morgan fingerprint density at radius 2 is 2.03 bits per heavy atom. The Bertz CT molecular complexity index is 1050. The number of anilines is 2. The summed E-state index contributed by atoms with van der Waals surface area (Å²) >= 11 is 7.03. The van der Waals surface area contributed by atoms with Gasteiger partial charge in [-0.05, 0) is 75.6 Å². The fraction of sp³-hybridized carbons (Fsp3) is 0.545. The third-order valence-electron chi connectivity index (χ3n) is 6.25. The maximum atomic E-state index is 13.1. The van der Waals surface area contributed by atoms with Gasteiger partial charge in [0.25, 0.3) is 5.91 Å². The summed E-state index contributed by atoms with van der Waals surface area (Å²) < 4.78 is 4.95. The molecule has 0 aliphatic heterocycles. The van der Waals surface area contributed by atoms with E-state index >= 15 is 0 Å². The van der Waals surface area contributed by atoms with Crippen molar-refractivity contribution in [1.29, 1.82) is 0 Å². The lowest BCUT2D eigenvalue weighted by Gasteiger charge is -2.25. The molecule has 0 saturated heterocycles. The SMILES string of the molecule is Cc1nocc1NC(=S)N[C@H]1CCc2sc(NC(=O)C3CC3)c(C(=O)NCC3CC3)c2C1. The second-order valence-corrected chi connectivity index (χ2v) is 10.5. The molecular formula is C22H27N5O3S2. The zero-order valence-corrected chi connectivity index (χ0v) is 19.6. The topological polar surface area (TPSA) is 108 Å². The number of nitrogens with one attached hydrogen (secondary N) is 4. The number of carbonyl (C=O) groups excluding carboxylic acids is 2. The molecule has 0 unspecified atom stereocenters. The first-order chi connectivity index (χ1) is 15.5. The Morgan fingerprint density at radius 3 is 2.72 bits per heavy atom. The second-order valence-electron chi connectivity index (χ2n) is 8.98. The Balaban J connectivity index is 1.31. The molecule has 2 heterocycles. The highest BCUT2D eigenvalue weighted by Crippen LogP contribution is 2.40. The van der Waals surface area contributed by atoms with E-state index in [1.165, 1.54) is 24.0 Å². The molecule has 0 aromatic carbocycles. The first-order valence-electron chi connectivity index (χ1n) is 11.2. The first kappa shape index (κ1) is 21.4. The van der Waals surface area contributed by atoms with Gasteiger partial charge in [-0.3, -0.25) is 9.59 Å². The normalized spacial score (nSPS) is 19.7. The first-order valence-corrected chi connectivity index (χ1v) is 12.4. The zero-order chi connectivity index (χ0) is 22.2. The van der Waals surface area contributed by atoms with Crippen LogP contribution in [0.15, 0.2) is 10.8 Å². The summed E-state index contributed by atoms with van der Waals surface area (Å²) in [5.41, 5.74) is 3.14. The van der Waals surface area contributed by atoms with Gasteiger partial charge in [-0.15, -0.1) is 11.3 Å². The summed E-state index contributed by atoms with van der Waals surface area (Å²) in [5, 5.41) is 17.7. The van der Waals surface area contributed by atoms with E-state index in [-0.39, 0.29) is 23.8 Å². The summed E-state index contributed by atoms with van der Waals surface area (Å²) in [6.45, 7) is 2.55. The number of aromatic nitrogens is 1. The third-order valence-corrected chi connectivity index (χ3v) is 7.68. The molecule has 2 aromatic rings. The van der Waals surface area contributed by atoms with Crippen LogP contribution in [-0.4, -0.2) is 34.7 Å². The number of hydrogen-bond acceptors (Lipinski definition) is 6. The van der Waals surface area contributed by atoms with Crippen LogP contribution in [0.4, 0.5) is 10.7 Å². The summed E-state index contributed by atoms with van der Waals surface area (Å²) in [6.07, 6.45) is 8.17. The van der Waals surface area contributed by atoms with Crippen LogP contribution in [0.1, 0.15) is 58.6 Å². The lowest BCUT2D eigenvalue weighted by Crippen LogP contribution is -2.41. The van der Waals surface area contributed by atoms with Crippen LogP contribution < -0.4 is 21.3 Å². The highest BCUT2D eigenvalue weighted by Gasteiger charge is 2.34. The maximum absolute atomic E-state index is 13.1. The molecule has 4 N–H and O–H groups in total. The van der Waals surface area contributed by atoms with Gasteiger partial charge < -0.3 is 25.8 Å². The molecule has 1 atom stereocenters. The van der Waals surface area contributed by atoms with Gasteiger partial charge in [-0.2, -0.15) is 0 Å². The molecular weight excluding hydrogens is 446 g/mol. The van der Waals surface area contributed by atoms with E-state index in [1.54, 1.807) is 11.3 Å². The highest BCUT2D eigenvalue weighted by atomic mass is 32.1. The third kappa shape index (κ3) is 4.80. The second kappa shape index (κ2) is 8.82. The van der Waals surface area contributed by atoms with Gasteiger partial charge in [-0.1, -0.05) is 5.16 Å². The smallest absolute Gasteiger partial charge is 0.254 e. The quantitative estimate of drug-likeness (QED) is 0.457. The fourth-order valence-corrected chi connectivity index (χ4v) is 5.52. The molecule has 3 aliphatic rings. The van der Waals surface area contributed by atoms with E-state index in [9.17, 15) is 9.59 Å². The molecule has 0 spiro atoms. The van der Waals surface area contributed by atoms with Crippen molar-refractivity contribution in [1.82, 2.24) is 15.8 Å². The van der Waals surface area contributed by atoms with Gasteiger partial charge in [0.05, 0.1) is 5.56 Å². The molecule has 2 saturated carbocycles. The molecule has 0 bridgehead atoms. The minimum absolute atomic E-state index is 0.0315. The molecule has 0 radical (unpaired) electrons. The molecule has 5 rings (SSSR count). The summed E-state index contributed by atoms with van der Waals surface area (Å²) in [7, 11) is 0. The number of carbonyl (C=O) groups is 2. The molecule has 8 nitrogen and oxygen atoms in total. The van der Waals surface area contributed by atoms with E-state index in [1.807, 2.05) is 6.92 Å². The van der Waals surface area contributed by atoms with Gasteiger partial charge in [0.2, 0.25) is 5.91 Å². The lowest BCUT2D eigenvalue weighted by atomic mass is 9.91. The van der Waals surface area contributed by atoms with Gasteiger partial charge >= 0.3 is 0 Å². The lowest BCUT2D eigenvalue weighted by molar-refractivity contribution is -0.117. The van der Waals surface area contributed by atoms with Crippen LogP contribution in [0.2, 0.25) is 0 Å². The van der Waals surface area contributed by atoms with E-state index < -0.39 is 0 Å². The molecule has 2 amide bonds. The number of amides is 2. The monoisotopic (exact) mass is 473 g/mol. The van der Waals surface area contributed by atoms with Crippen molar-refractivity contribution >= 4 is 51.2 Å². The Morgan fingerprint density at radius 1 is 1.22 bits per heavy atom. The van der Waals surface area contributed by atoms with Gasteiger partial charge in [-0.25, -0.2) is 0 Å². The van der Waals surface area contributed by atoms with Crippen molar-refractivity contribution < 1.29 is 14.1 Å². The van der Waals surface area contributed by atoms with Crippen LogP contribution in [0.5, 0.6) is 0 Å². The Hall–Kier alpha value is -2.46. The van der Waals surface area contributed by atoms with Crippen LogP contribution >= 0.6 is 23.6 Å². The number of hydrogen-bond donors (Lipinski definition) is 4. The molecule has 3 aliphatic carbocycles. The number of thiocarbonyl (C=S) groups is 1. The zero-order valence-electron chi connectivity index (χ0n) is 18.0. The predicted molar refractivity (Wildman–Crippen MR) is 127 cm³/mol. The number of nitrogens with zero attached hydrogens (tertiary/aromatic N) is 1. The Labute approximate surface area is 195 Å². The Kier molecular flexibility index (Phi) is 5.90. The van der Waals surface area contributed by atoms with E-state index in [2.05, 4.69) is 26.4 Å². The average molecular weight is 474 g/mol. The number of thiophene rings is 1. The molecule has 2 fully saturated rings. The van der Waals surface area contributed by atoms with Crippen molar-refractivity contribution in [2.24, 2.45) is 11.8 Å². The van der Waals surface area contributed by atoms with Crippen molar-refractivity contribution in [3.05, 3.63) is 28.0 Å². The summed E-state index contributed by atoms with van der Waals surface area (Å²) in [5.74, 6) is 0.637. The minimum atomic E-state index is -0.0815.